The molecule has 3 aromatic rings. The molecular formula is C14H14FN5O. The Morgan fingerprint density at radius 3 is 2.81 bits per heavy atom. The first-order valence-electron chi connectivity index (χ1n) is 6.72. The lowest BCUT2D eigenvalue weighted by molar-refractivity contribution is 0.421. The zero-order valence-electron chi connectivity index (χ0n) is 11.5. The molecule has 0 fully saturated rings. The molecule has 2 aromatic heterocycles. The van der Waals surface area contributed by atoms with Crippen LogP contribution in [0, 0.1) is 5.82 Å². The van der Waals surface area contributed by atoms with Gasteiger partial charge in [0.05, 0.1) is 12.7 Å². The first-order chi connectivity index (χ1) is 10.2. The fourth-order valence-electron chi connectivity index (χ4n) is 1.93. The Labute approximate surface area is 120 Å². The normalized spacial score (nSPS) is 11.0. The molecule has 0 spiro atoms. The maximum atomic E-state index is 12.9. The van der Waals surface area contributed by atoms with E-state index in [1.54, 1.807) is 23.0 Å². The van der Waals surface area contributed by atoms with Gasteiger partial charge in [0.25, 0.3) is 5.89 Å². The molecule has 7 heteroatoms. The van der Waals surface area contributed by atoms with Crippen molar-refractivity contribution in [3.63, 3.8) is 0 Å². The number of hydrogen-bond acceptors (Lipinski definition) is 5. The monoisotopic (exact) mass is 287 g/mol. The van der Waals surface area contributed by atoms with Crippen molar-refractivity contribution < 1.29 is 8.91 Å². The molecule has 0 aliphatic carbocycles. The average molecular weight is 287 g/mol. The molecule has 108 valence electrons. The lowest BCUT2D eigenvalue weighted by Gasteiger charge is -1.99. The topological polar surface area (TPSA) is 69.6 Å². The van der Waals surface area contributed by atoms with Crippen molar-refractivity contribution in [2.75, 3.05) is 0 Å². The van der Waals surface area contributed by atoms with Crippen LogP contribution in [0.1, 0.15) is 24.7 Å². The van der Waals surface area contributed by atoms with Crippen LogP contribution in [0.4, 0.5) is 4.39 Å². The minimum atomic E-state index is -0.257. The Morgan fingerprint density at radius 2 is 2.05 bits per heavy atom. The number of hydrogen-bond donors (Lipinski definition) is 0. The van der Waals surface area contributed by atoms with Gasteiger partial charge in [-0.25, -0.2) is 9.07 Å². The van der Waals surface area contributed by atoms with E-state index in [0.29, 0.717) is 24.0 Å². The molecule has 0 aliphatic heterocycles. The summed E-state index contributed by atoms with van der Waals surface area (Å²) in [5, 5.41) is 11.9. The summed E-state index contributed by atoms with van der Waals surface area (Å²) in [7, 11) is 0. The largest absolute Gasteiger partial charge is 0.332 e. The second kappa shape index (κ2) is 5.82. The van der Waals surface area contributed by atoms with E-state index in [0.717, 1.165) is 18.4 Å². The third kappa shape index (κ3) is 3.13. The van der Waals surface area contributed by atoms with E-state index >= 15 is 0 Å². The van der Waals surface area contributed by atoms with Crippen molar-refractivity contribution in [1.29, 1.82) is 0 Å². The Hall–Kier alpha value is -2.57. The summed E-state index contributed by atoms with van der Waals surface area (Å²) in [5.41, 5.74) is 1.47. The average Bonchev–Trinajstić information content (AvgIpc) is 3.11. The van der Waals surface area contributed by atoms with Gasteiger partial charge in [-0.15, -0.1) is 5.10 Å². The summed E-state index contributed by atoms with van der Waals surface area (Å²) in [6.07, 6.45) is 3.45. The molecule has 1 aromatic carbocycles. The number of halogens is 1. The van der Waals surface area contributed by atoms with Crippen molar-refractivity contribution in [2.45, 2.75) is 26.3 Å². The van der Waals surface area contributed by atoms with E-state index in [-0.39, 0.29) is 5.82 Å². The Balaban J connectivity index is 1.74. The van der Waals surface area contributed by atoms with Crippen LogP contribution < -0.4 is 0 Å². The van der Waals surface area contributed by atoms with Crippen LogP contribution in [0.3, 0.4) is 0 Å². The third-order valence-corrected chi connectivity index (χ3v) is 2.96. The van der Waals surface area contributed by atoms with Crippen LogP contribution in [0.25, 0.3) is 11.6 Å². The van der Waals surface area contributed by atoms with Crippen molar-refractivity contribution in [2.24, 2.45) is 0 Å². The maximum absolute atomic E-state index is 12.9. The Bertz CT molecular complexity index is 719. The second-order valence-corrected chi connectivity index (χ2v) is 4.69. The Kier molecular flexibility index (Phi) is 3.72. The third-order valence-electron chi connectivity index (χ3n) is 2.96. The predicted molar refractivity (Wildman–Crippen MR) is 72.8 cm³/mol. The summed E-state index contributed by atoms with van der Waals surface area (Å²) < 4.78 is 19.7. The van der Waals surface area contributed by atoms with Crippen LogP contribution in [-0.4, -0.2) is 25.1 Å². The van der Waals surface area contributed by atoms with Crippen molar-refractivity contribution in [1.82, 2.24) is 25.1 Å². The highest BCUT2D eigenvalue weighted by atomic mass is 19.1. The van der Waals surface area contributed by atoms with Gasteiger partial charge in [-0.1, -0.05) is 29.4 Å². The minimum Gasteiger partial charge on any atom is -0.332 e. The van der Waals surface area contributed by atoms with E-state index < -0.39 is 0 Å². The maximum Gasteiger partial charge on any atom is 0.280 e. The first kappa shape index (κ1) is 13.4. The summed E-state index contributed by atoms with van der Waals surface area (Å²) >= 11 is 0. The summed E-state index contributed by atoms with van der Waals surface area (Å²) in [6.45, 7) is 2.55. The second-order valence-electron chi connectivity index (χ2n) is 4.69. The SMILES string of the molecule is CCCc1noc(-c2cn(Cc3ccc(F)cc3)nn2)n1. The standard InChI is InChI=1S/C14H14FN5O/c1-2-3-13-16-14(21-18-13)12-9-20(19-17-12)8-10-4-6-11(15)7-5-10/h4-7,9H,2-3,8H2,1H3. The van der Waals surface area contributed by atoms with Gasteiger partial charge in [-0.05, 0) is 24.1 Å². The molecule has 6 nitrogen and oxygen atoms in total. The quantitative estimate of drug-likeness (QED) is 0.721. The highest BCUT2D eigenvalue weighted by Crippen LogP contribution is 2.14. The van der Waals surface area contributed by atoms with Gasteiger partial charge in [0, 0.05) is 6.42 Å². The molecule has 2 heterocycles. The van der Waals surface area contributed by atoms with Crippen molar-refractivity contribution >= 4 is 0 Å². The smallest absolute Gasteiger partial charge is 0.280 e. The number of aryl methyl sites for hydroxylation is 1. The summed E-state index contributed by atoms with van der Waals surface area (Å²) in [5.74, 6) is 0.775. The zero-order valence-corrected chi connectivity index (χ0v) is 11.5. The zero-order chi connectivity index (χ0) is 14.7. The lowest BCUT2D eigenvalue weighted by atomic mass is 10.2. The van der Waals surface area contributed by atoms with Gasteiger partial charge in [0.1, 0.15) is 5.82 Å². The van der Waals surface area contributed by atoms with Crippen LogP contribution in [0.15, 0.2) is 35.0 Å². The van der Waals surface area contributed by atoms with Crippen LogP contribution in [-0.2, 0) is 13.0 Å². The number of rotatable bonds is 5. The predicted octanol–water partition coefficient (Wildman–Crippen LogP) is 2.47. The van der Waals surface area contributed by atoms with Crippen molar-refractivity contribution in [3.8, 4) is 11.6 Å². The van der Waals surface area contributed by atoms with E-state index in [1.165, 1.54) is 12.1 Å². The van der Waals surface area contributed by atoms with Gasteiger partial charge < -0.3 is 4.52 Å². The van der Waals surface area contributed by atoms with Gasteiger partial charge in [-0.2, -0.15) is 4.98 Å². The molecule has 0 radical (unpaired) electrons. The number of aromatic nitrogens is 5. The molecule has 0 atom stereocenters. The number of benzene rings is 1. The fourth-order valence-corrected chi connectivity index (χ4v) is 1.93. The van der Waals surface area contributed by atoms with E-state index in [9.17, 15) is 4.39 Å². The highest BCUT2D eigenvalue weighted by molar-refractivity contribution is 5.43. The van der Waals surface area contributed by atoms with Gasteiger partial charge >= 0.3 is 0 Å². The molecule has 0 bridgehead atoms. The van der Waals surface area contributed by atoms with E-state index in [1.807, 2.05) is 0 Å². The lowest BCUT2D eigenvalue weighted by Crippen LogP contribution is -2.00. The van der Waals surface area contributed by atoms with Crippen molar-refractivity contribution in [3.05, 3.63) is 47.7 Å². The number of nitrogens with zero attached hydrogens (tertiary/aromatic N) is 5. The Morgan fingerprint density at radius 1 is 1.24 bits per heavy atom. The van der Waals surface area contributed by atoms with Gasteiger partial charge in [0.2, 0.25) is 0 Å². The van der Waals surface area contributed by atoms with Crippen LogP contribution in [0.2, 0.25) is 0 Å². The molecule has 0 saturated carbocycles. The molecule has 0 unspecified atom stereocenters. The molecule has 3 rings (SSSR count). The fraction of sp³-hybridized carbons (Fsp3) is 0.286. The van der Waals surface area contributed by atoms with Gasteiger partial charge in [-0.3, -0.25) is 0 Å². The molecule has 0 aliphatic rings. The molecule has 0 saturated heterocycles. The molecule has 0 N–H and O–H groups in total. The molecule has 0 amide bonds. The van der Waals surface area contributed by atoms with Gasteiger partial charge in [0.15, 0.2) is 11.5 Å². The summed E-state index contributed by atoms with van der Waals surface area (Å²) in [6, 6.07) is 6.26. The molecule has 21 heavy (non-hydrogen) atoms. The van der Waals surface area contributed by atoms with E-state index in [4.69, 9.17) is 4.52 Å². The first-order valence-corrected chi connectivity index (χ1v) is 6.72. The minimum absolute atomic E-state index is 0.257. The molecular weight excluding hydrogens is 273 g/mol. The highest BCUT2D eigenvalue weighted by Gasteiger charge is 2.12. The van der Waals surface area contributed by atoms with Crippen LogP contribution in [0.5, 0.6) is 0 Å². The summed E-state index contributed by atoms with van der Waals surface area (Å²) in [4.78, 5) is 4.26. The van der Waals surface area contributed by atoms with E-state index in [2.05, 4.69) is 27.4 Å². The van der Waals surface area contributed by atoms with Crippen LogP contribution >= 0.6 is 0 Å².